The van der Waals surface area contributed by atoms with Gasteiger partial charge in [-0.1, -0.05) is 45.7 Å². The summed E-state index contributed by atoms with van der Waals surface area (Å²) in [4.78, 5) is 0.0612. The number of halogens is 3. The van der Waals surface area contributed by atoms with E-state index in [1.54, 1.807) is 7.11 Å². The number of fused-ring (bicyclic) bond motifs is 1. The molecule has 21 heavy (non-hydrogen) atoms. The smallest absolute Gasteiger partial charge is 0.137 e. The van der Waals surface area contributed by atoms with Gasteiger partial charge in [0, 0.05) is 22.1 Å². The van der Waals surface area contributed by atoms with E-state index < -0.39 is 0 Å². The number of hydrogen-bond acceptors (Lipinski definition) is 2. The molecule has 0 amide bonds. The van der Waals surface area contributed by atoms with E-state index in [1.807, 2.05) is 30.3 Å². The summed E-state index contributed by atoms with van der Waals surface area (Å²) in [5.41, 5.74) is 2.22. The van der Waals surface area contributed by atoms with Crippen LogP contribution in [-0.4, -0.2) is 13.7 Å². The van der Waals surface area contributed by atoms with Crippen LogP contribution in [0.15, 0.2) is 40.9 Å². The van der Waals surface area contributed by atoms with Crippen molar-refractivity contribution in [1.82, 2.24) is 0 Å². The SMILES string of the molecule is COc1c(Br)cc(Cl)cc1C(Br)C1COc2ccccc21. The lowest BCUT2D eigenvalue weighted by Crippen LogP contribution is -2.09. The molecule has 3 rings (SSSR count). The number of alkyl halides is 1. The summed E-state index contributed by atoms with van der Waals surface area (Å²) in [5.74, 6) is 1.97. The third kappa shape index (κ3) is 2.81. The molecule has 2 unspecified atom stereocenters. The molecule has 0 N–H and O–H groups in total. The van der Waals surface area contributed by atoms with Gasteiger partial charge in [0.15, 0.2) is 0 Å². The van der Waals surface area contributed by atoms with Crippen LogP contribution in [0.25, 0.3) is 0 Å². The zero-order valence-corrected chi connectivity index (χ0v) is 15.2. The molecule has 2 nitrogen and oxygen atoms in total. The molecule has 1 aliphatic heterocycles. The average molecular weight is 433 g/mol. The highest BCUT2D eigenvalue weighted by molar-refractivity contribution is 9.10. The van der Waals surface area contributed by atoms with Crippen molar-refractivity contribution in [3.8, 4) is 11.5 Å². The molecule has 0 bridgehead atoms. The van der Waals surface area contributed by atoms with Gasteiger partial charge in [-0.3, -0.25) is 0 Å². The van der Waals surface area contributed by atoms with E-state index in [2.05, 4.69) is 37.9 Å². The Morgan fingerprint density at radius 1 is 1.33 bits per heavy atom. The number of hydrogen-bond donors (Lipinski definition) is 0. The van der Waals surface area contributed by atoms with Crippen molar-refractivity contribution in [2.24, 2.45) is 0 Å². The second kappa shape index (κ2) is 6.19. The molecule has 2 aromatic rings. The Morgan fingerprint density at radius 3 is 2.86 bits per heavy atom. The fourth-order valence-corrected chi connectivity index (χ4v) is 4.42. The second-order valence-corrected chi connectivity index (χ2v) is 7.14. The van der Waals surface area contributed by atoms with Gasteiger partial charge >= 0.3 is 0 Å². The molecule has 110 valence electrons. The lowest BCUT2D eigenvalue weighted by Gasteiger charge is -2.20. The molecular weight excluding hydrogens is 419 g/mol. The summed E-state index contributed by atoms with van der Waals surface area (Å²) in [6.07, 6.45) is 0. The normalized spacial score (nSPS) is 18.0. The van der Waals surface area contributed by atoms with Crippen LogP contribution in [0.2, 0.25) is 5.02 Å². The zero-order chi connectivity index (χ0) is 15.0. The minimum atomic E-state index is 0.0612. The predicted molar refractivity (Wildman–Crippen MR) is 92.1 cm³/mol. The van der Waals surface area contributed by atoms with Gasteiger partial charge in [0.25, 0.3) is 0 Å². The molecule has 1 heterocycles. The Hall–Kier alpha value is -0.710. The molecule has 0 aromatic heterocycles. The Labute approximate surface area is 145 Å². The standard InChI is InChI=1S/C16H13Br2ClO2/c1-20-16-11(6-9(19)7-13(16)17)15(18)12-8-21-14-5-3-2-4-10(12)14/h2-7,12,15H,8H2,1H3. The average Bonchev–Trinajstić information content (AvgIpc) is 2.89. The molecule has 1 aliphatic rings. The van der Waals surface area contributed by atoms with Crippen LogP contribution >= 0.6 is 43.5 Å². The van der Waals surface area contributed by atoms with E-state index >= 15 is 0 Å². The highest BCUT2D eigenvalue weighted by atomic mass is 79.9. The van der Waals surface area contributed by atoms with E-state index in [9.17, 15) is 0 Å². The van der Waals surface area contributed by atoms with Gasteiger partial charge in [-0.25, -0.2) is 0 Å². The first-order valence-electron chi connectivity index (χ1n) is 6.50. The monoisotopic (exact) mass is 430 g/mol. The Balaban J connectivity index is 2.02. The summed E-state index contributed by atoms with van der Waals surface area (Å²) in [5, 5.41) is 0.675. The van der Waals surface area contributed by atoms with E-state index in [4.69, 9.17) is 21.1 Å². The van der Waals surface area contributed by atoms with Crippen molar-refractivity contribution in [2.45, 2.75) is 10.7 Å². The lowest BCUT2D eigenvalue weighted by atomic mass is 9.93. The minimum absolute atomic E-state index is 0.0612. The lowest BCUT2D eigenvalue weighted by molar-refractivity contribution is 0.328. The number of methoxy groups -OCH3 is 1. The van der Waals surface area contributed by atoms with Crippen LogP contribution in [0.4, 0.5) is 0 Å². The van der Waals surface area contributed by atoms with Crippen molar-refractivity contribution >= 4 is 43.5 Å². The first-order valence-corrected chi connectivity index (χ1v) is 8.59. The number of para-hydroxylation sites is 1. The van der Waals surface area contributed by atoms with Crippen LogP contribution in [0.1, 0.15) is 21.9 Å². The fraction of sp³-hybridized carbons (Fsp3) is 0.250. The van der Waals surface area contributed by atoms with Gasteiger partial charge in [0.1, 0.15) is 11.5 Å². The van der Waals surface area contributed by atoms with Crippen LogP contribution in [0, 0.1) is 0 Å². The van der Waals surface area contributed by atoms with Gasteiger partial charge in [-0.2, -0.15) is 0 Å². The Morgan fingerprint density at radius 2 is 2.10 bits per heavy atom. The maximum atomic E-state index is 6.19. The molecule has 5 heteroatoms. The van der Waals surface area contributed by atoms with Gasteiger partial charge < -0.3 is 9.47 Å². The van der Waals surface area contributed by atoms with Crippen LogP contribution in [-0.2, 0) is 0 Å². The molecule has 0 fully saturated rings. The summed E-state index contributed by atoms with van der Waals surface area (Å²) in [6.45, 7) is 0.641. The molecule has 0 saturated carbocycles. The summed E-state index contributed by atoms with van der Waals surface area (Å²) >= 11 is 13.5. The number of ether oxygens (including phenoxy) is 2. The van der Waals surface area contributed by atoms with E-state index in [-0.39, 0.29) is 10.7 Å². The van der Waals surface area contributed by atoms with E-state index in [1.165, 1.54) is 5.56 Å². The van der Waals surface area contributed by atoms with Gasteiger partial charge in [-0.15, -0.1) is 0 Å². The molecule has 0 saturated heterocycles. The van der Waals surface area contributed by atoms with Gasteiger partial charge in [-0.05, 0) is 34.1 Å². The predicted octanol–water partition coefficient (Wildman–Crippen LogP) is 5.72. The molecule has 0 aliphatic carbocycles. The fourth-order valence-electron chi connectivity index (χ4n) is 2.65. The summed E-state index contributed by atoms with van der Waals surface area (Å²) in [7, 11) is 1.66. The maximum Gasteiger partial charge on any atom is 0.137 e. The Kier molecular flexibility index (Phi) is 4.48. The van der Waals surface area contributed by atoms with Crippen molar-refractivity contribution in [3.63, 3.8) is 0 Å². The molecular formula is C16H13Br2ClO2. The number of benzene rings is 2. The first kappa shape index (κ1) is 15.2. The zero-order valence-electron chi connectivity index (χ0n) is 11.3. The minimum Gasteiger partial charge on any atom is -0.495 e. The van der Waals surface area contributed by atoms with Crippen molar-refractivity contribution < 1.29 is 9.47 Å². The molecule has 0 spiro atoms. The van der Waals surface area contributed by atoms with Crippen LogP contribution in [0.5, 0.6) is 11.5 Å². The van der Waals surface area contributed by atoms with Crippen molar-refractivity contribution in [1.29, 1.82) is 0 Å². The first-order chi connectivity index (χ1) is 10.1. The van der Waals surface area contributed by atoms with Crippen LogP contribution < -0.4 is 9.47 Å². The van der Waals surface area contributed by atoms with E-state index in [0.717, 1.165) is 21.5 Å². The summed E-state index contributed by atoms with van der Waals surface area (Å²) in [6, 6.07) is 11.9. The maximum absolute atomic E-state index is 6.19. The third-order valence-electron chi connectivity index (χ3n) is 3.63. The largest absolute Gasteiger partial charge is 0.495 e. The molecule has 2 aromatic carbocycles. The van der Waals surface area contributed by atoms with Crippen molar-refractivity contribution in [3.05, 3.63) is 57.0 Å². The highest BCUT2D eigenvalue weighted by Crippen LogP contribution is 2.49. The van der Waals surface area contributed by atoms with Gasteiger partial charge in [0.2, 0.25) is 0 Å². The summed E-state index contributed by atoms with van der Waals surface area (Å²) < 4.78 is 12.1. The highest BCUT2D eigenvalue weighted by Gasteiger charge is 2.32. The topological polar surface area (TPSA) is 18.5 Å². The van der Waals surface area contributed by atoms with E-state index in [0.29, 0.717) is 11.6 Å². The van der Waals surface area contributed by atoms with Crippen molar-refractivity contribution in [2.75, 3.05) is 13.7 Å². The second-order valence-electron chi connectivity index (χ2n) is 4.87. The molecule has 2 atom stereocenters. The van der Waals surface area contributed by atoms with Gasteiger partial charge in [0.05, 0.1) is 23.0 Å². The quantitative estimate of drug-likeness (QED) is 0.577. The molecule has 0 radical (unpaired) electrons. The van der Waals surface area contributed by atoms with Crippen LogP contribution in [0.3, 0.4) is 0 Å². The Bertz CT molecular complexity index is 675. The third-order valence-corrected chi connectivity index (χ3v) is 5.57. The number of rotatable bonds is 3.